The Balaban J connectivity index is 2.15. The van der Waals surface area contributed by atoms with Gasteiger partial charge in [-0.3, -0.25) is 9.62 Å². The average Bonchev–Trinajstić information content (AvgIpc) is 2.80. The second-order valence-electron chi connectivity index (χ2n) is 8.80. The van der Waals surface area contributed by atoms with Crippen LogP contribution in [0.3, 0.4) is 0 Å². The summed E-state index contributed by atoms with van der Waals surface area (Å²) in [5, 5.41) is 3.66. The molecule has 0 aliphatic rings. The highest BCUT2D eigenvalue weighted by Gasteiger charge is 2.32. The highest BCUT2D eigenvalue weighted by molar-refractivity contribution is 7.92. The smallest absolute Gasteiger partial charge is 0.229 e. The maximum Gasteiger partial charge on any atom is 0.229 e. The van der Waals surface area contributed by atoms with Crippen molar-refractivity contribution < 1.29 is 22.3 Å². The van der Waals surface area contributed by atoms with Crippen LogP contribution in [-0.2, 0) is 25.0 Å². The van der Waals surface area contributed by atoms with Crippen LogP contribution in [0, 0.1) is 5.82 Å². The number of methoxy groups -OCH3 is 2. The van der Waals surface area contributed by atoms with Gasteiger partial charge in [-0.1, -0.05) is 11.6 Å². The van der Waals surface area contributed by atoms with Gasteiger partial charge in [-0.15, -0.1) is 0 Å². The molecule has 0 fully saturated rings. The highest BCUT2D eigenvalue weighted by Crippen LogP contribution is 2.38. The Kier molecular flexibility index (Phi) is 9.07. The Labute approximate surface area is 216 Å². The summed E-state index contributed by atoms with van der Waals surface area (Å²) in [5.41, 5.74) is 1.61. The second-order valence-corrected chi connectivity index (χ2v) is 11.0. The van der Waals surface area contributed by atoms with Crippen LogP contribution in [0.2, 0.25) is 5.02 Å². The van der Waals surface area contributed by atoms with E-state index in [2.05, 4.69) is 24.9 Å². The summed E-state index contributed by atoms with van der Waals surface area (Å²) < 4.78 is 51.5. The molecule has 0 aliphatic heterocycles. The second kappa shape index (κ2) is 11.7. The zero-order valence-corrected chi connectivity index (χ0v) is 22.5. The van der Waals surface area contributed by atoms with Gasteiger partial charge in [-0.25, -0.2) is 22.8 Å². The van der Waals surface area contributed by atoms with Crippen LogP contribution in [0.15, 0.2) is 36.7 Å². The molecule has 0 saturated carbocycles. The quantitative estimate of drug-likeness (QED) is 0.349. The maximum atomic E-state index is 13.6. The van der Waals surface area contributed by atoms with Gasteiger partial charge in [0.1, 0.15) is 18.0 Å². The molecule has 0 bridgehead atoms. The van der Waals surface area contributed by atoms with E-state index in [1.54, 1.807) is 20.3 Å². The first-order valence-electron chi connectivity index (χ1n) is 11.2. The van der Waals surface area contributed by atoms with Crippen LogP contribution in [0.25, 0.3) is 10.9 Å². The third kappa shape index (κ3) is 6.80. The third-order valence-electron chi connectivity index (χ3n) is 5.83. The molecule has 0 unspecified atom stereocenters. The summed E-state index contributed by atoms with van der Waals surface area (Å²) in [6, 6.07) is 7.78. The van der Waals surface area contributed by atoms with Gasteiger partial charge in [0.2, 0.25) is 10.0 Å². The van der Waals surface area contributed by atoms with E-state index in [1.165, 1.54) is 24.5 Å². The van der Waals surface area contributed by atoms with Gasteiger partial charge < -0.3 is 14.8 Å². The van der Waals surface area contributed by atoms with Gasteiger partial charge in [0.05, 0.1) is 35.7 Å². The van der Waals surface area contributed by atoms with Crippen LogP contribution in [0.1, 0.15) is 19.4 Å². The lowest BCUT2D eigenvalue weighted by Crippen LogP contribution is -2.45. The van der Waals surface area contributed by atoms with E-state index in [4.69, 9.17) is 21.1 Å². The summed E-state index contributed by atoms with van der Waals surface area (Å²) in [5.74, 6) is -0.119. The topological polar surface area (TPSA) is 106 Å². The molecule has 36 heavy (non-hydrogen) atoms. The number of halogens is 2. The fourth-order valence-electron chi connectivity index (χ4n) is 3.95. The highest BCUT2D eigenvalue weighted by atomic mass is 35.5. The number of hydrogen-bond acceptors (Lipinski definition) is 8. The molecule has 1 aromatic heterocycles. The minimum Gasteiger partial charge on any atom is -0.383 e. The molecule has 0 amide bonds. The van der Waals surface area contributed by atoms with Crippen LogP contribution < -0.4 is 10.0 Å². The summed E-state index contributed by atoms with van der Waals surface area (Å²) in [6.45, 7) is 6.20. The number of hydrogen-bond donors (Lipinski definition) is 2. The van der Waals surface area contributed by atoms with Crippen LogP contribution in [0.5, 0.6) is 0 Å². The summed E-state index contributed by atoms with van der Waals surface area (Å²) in [6.07, 6.45) is 2.51. The lowest BCUT2D eigenvalue weighted by molar-refractivity contribution is 0.0499. The minimum absolute atomic E-state index is 0.0333. The molecule has 1 heterocycles. The largest absolute Gasteiger partial charge is 0.383 e. The lowest BCUT2D eigenvalue weighted by atomic mass is 9.89. The van der Waals surface area contributed by atoms with Crippen molar-refractivity contribution >= 4 is 49.7 Å². The monoisotopic (exact) mass is 539 g/mol. The zero-order chi connectivity index (χ0) is 26.5. The van der Waals surface area contributed by atoms with E-state index >= 15 is 0 Å². The molecule has 2 aromatic carbocycles. The van der Waals surface area contributed by atoms with Crippen molar-refractivity contribution in [1.29, 1.82) is 0 Å². The molecule has 0 aliphatic carbocycles. The van der Waals surface area contributed by atoms with Crippen LogP contribution in [0.4, 0.5) is 21.6 Å². The van der Waals surface area contributed by atoms with E-state index in [-0.39, 0.29) is 5.02 Å². The van der Waals surface area contributed by atoms with Crippen molar-refractivity contribution in [2.24, 2.45) is 0 Å². The summed E-state index contributed by atoms with van der Waals surface area (Å²) in [4.78, 5) is 10.9. The normalized spacial score (nSPS) is 12.3. The molecule has 0 saturated heterocycles. The Morgan fingerprint density at radius 1 is 1.08 bits per heavy atom. The average molecular weight is 540 g/mol. The van der Waals surface area contributed by atoms with Gasteiger partial charge in [-0.2, -0.15) is 0 Å². The molecule has 9 nitrogen and oxygen atoms in total. The molecule has 2 N–H and O–H groups in total. The molecule has 3 rings (SSSR count). The Morgan fingerprint density at radius 3 is 2.33 bits per heavy atom. The zero-order valence-electron chi connectivity index (χ0n) is 20.9. The molecule has 0 atom stereocenters. The van der Waals surface area contributed by atoms with Gasteiger partial charge in [0.25, 0.3) is 0 Å². The Hall–Kier alpha value is -2.57. The first-order valence-corrected chi connectivity index (χ1v) is 13.4. The summed E-state index contributed by atoms with van der Waals surface area (Å²) >= 11 is 5.92. The van der Waals surface area contributed by atoms with Crippen molar-refractivity contribution in [3.63, 3.8) is 0 Å². The number of benzene rings is 2. The lowest BCUT2D eigenvalue weighted by Gasteiger charge is -2.40. The third-order valence-corrected chi connectivity index (χ3v) is 6.71. The number of nitrogens with one attached hydrogen (secondary N) is 2. The predicted molar refractivity (Wildman–Crippen MR) is 141 cm³/mol. The molecule has 0 radical (unpaired) electrons. The summed E-state index contributed by atoms with van der Waals surface area (Å²) in [7, 11) is -0.343. The number of ether oxygens (including phenoxy) is 2. The fourth-order valence-corrected chi connectivity index (χ4v) is 4.70. The molecule has 3 aromatic rings. The standard InChI is InChI=1S/C24H31ClFN5O4S/c1-24(2,31(8-10-34-3)9-11-35-4)18-14-21-17(13-22(18)30-36(5,32)33)23(28-15-27-21)29-16-6-7-20(26)19(25)12-16/h6-7,12-15,30H,8-11H2,1-5H3,(H,27,28,29). The Morgan fingerprint density at radius 2 is 1.75 bits per heavy atom. The van der Waals surface area contributed by atoms with E-state index < -0.39 is 21.4 Å². The van der Waals surface area contributed by atoms with Crippen molar-refractivity contribution in [2.45, 2.75) is 19.4 Å². The van der Waals surface area contributed by atoms with Gasteiger partial charge in [0.15, 0.2) is 0 Å². The number of fused-ring (bicyclic) bond motifs is 1. The maximum absolute atomic E-state index is 13.6. The first-order chi connectivity index (χ1) is 17.0. The van der Waals surface area contributed by atoms with Gasteiger partial charge >= 0.3 is 0 Å². The number of sulfonamides is 1. The molecule has 0 spiro atoms. The van der Waals surface area contributed by atoms with Gasteiger partial charge in [-0.05, 0) is 49.7 Å². The number of rotatable bonds is 12. The van der Waals surface area contributed by atoms with Crippen molar-refractivity contribution in [3.8, 4) is 0 Å². The van der Waals surface area contributed by atoms with Crippen molar-refractivity contribution in [1.82, 2.24) is 14.9 Å². The van der Waals surface area contributed by atoms with E-state index in [1.807, 2.05) is 19.9 Å². The van der Waals surface area contributed by atoms with Crippen LogP contribution >= 0.6 is 11.6 Å². The first kappa shape index (κ1) is 28.0. The minimum atomic E-state index is -3.61. The Bertz CT molecular complexity index is 1320. The molecular formula is C24H31ClFN5O4S. The molecule has 196 valence electrons. The number of nitrogens with zero attached hydrogens (tertiary/aromatic N) is 3. The van der Waals surface area contributed by atoms with E-state index in [0.717, 1.165) is 11.8 Å². The SMILES string of the molecule is COCCN(CCOC)C(C)(C)c1cc2ncnc(Nc3ccc(F)c(Cl)c3)c2cc1NS(C)(=O)=O. The molecule has 12 heteroatoms. The predicted octanol–water partition coefficient (Wildman–Crippen LogP) is 4.37. The van der Waals surface area contributed by atoms with Crippen LogP contribution in [-0.4, -0.2) is 70.1 Å². The van der Waals surface area contributed by atoms with E-state index in [9.17, 15) is 12.8 Å². The molecular weight excluding hydrogens is 509 g/mol. The number of aromatic nitrogens is 2. The van der Waals surface area contributed by atoms with Crippen molar-refractivity contribution in [3.05, 3.63) is 53.1 Å². The van der Waals surface area contributed by atoms with Gasteiger partial charge in [0, 0.05) is 43.9 Å². The van der Waals surface area contributed by atoms with E-state index in [0.29, 0.717) is 54.4 Å². The fraction of sp³-hybridized carbons (Fsp3) is 0.417. The van der Waals surface area contributed by atoms with Crippen molar-refractivity contribution in [2.75, 3.05) is 56.8 Å². The number of anilines is 3.